The molecule has 0 unspecified atom stereocenters. The van der Waals surface area contributed by atoms with Gasteiger partial charge in [0, 0.05) is 5.56 Å². The van der Waals surface area contributed by atoms with Gasteiger partial charge >= 0.3 is 0 Å². The van der Waals surface area contributed by atoms with Gasteiger partial charge in [-0.1, -0.05) is 13.8 Å². The maximum atomic E-state index is 13.2. The molecule has 0 atom stereocenters. The van der Waals surface area contributed by atoms with Crippen molar-refractivity contribution in [2.75, 3.05) is 0 Å². The lowest BCUT2D eigenvalue weighted by molar-refractivity contribution is 0.429. The first-order valence-electron chi connectivity index (χ1n) is 4.17. The number of hydrogen-bond donors (Lipinski definition) is 0. The highest BCUT2D eigenvalue weighted by atomic mass is 19.2. The molecule has 0 spiro atoms. The molecule has 0 saturated heterocycles. The zero-order chi connectivity index (χ0) is 11.7. The molecule has 0 heterocycles. The average Bonchev–Trinajstić information content (AvgIpc) is 2.16. The van der Waals surface area contributed by atoms with Gasteiger partial charge in [-0.05, 0) is 5.92 Å². The van der Waals surface area contributed by atoms with E-state index >= 15 is 0 Å². The molecular formula is C10H7F4N. The number of rotatable bonds is 1. The van der Waals surface area contributed by atoms with E-state index in [0.717, 1.165) is 6.07 Å². The molecule has 80 valence electrons. The van der Waals surface area contributed by atoms with E-state index in [1.54, 1.807) is 0 Å². The second-order valence-electron chi connectivity index (χ2n) is 3.31. The molecule has 15 heavy (non-hydrogen) atoms. The van der Waals surface area contributed by atoms with Crippen LogP contribution in [0.2, 0.25) is 0 Å². The molecule has 0 aromatic heterocycles. The van der Waals surface area contributed by atoms with Crippen LogP contribution in [-0.4, -0.2) is 0 Å². The fourth-order valence-electron chi connectivity index (χ4n) is 1.25. The Balaban J connectivity index is 3.69. The second kappa shape index (κ2) is 3.89. The topological polar surface area (TPSA) is 23.8 Å². The summed E-state index contributed by atoms with van der Waals surface area (Å²) in [5.41, 5.74) is -1.90. The lowest BCUT2D eigenvalue weighted by Crippen LogP contribution is -2.08. The third-order valence-corrected chi connectivity index (χ3v) is 1.99. The summed E-state index contributed by atoms with van der Waals surface area (Å²) in [4.78, 5) is 0. The Hall–Kier alpha value is -1.57. The standard InChI is InChI=1S/C10H7F4N/c1-4(2)6-9(13)7(11)5(3-15)8(12)10(6)14/h4H,1-2H3. The number of benzene rings is 1. The van der Waals surface area contributed by atoms with Gasteiger partial charge in [0.05, 0.1) is 0 Å². The van der Waals surface area contributed by atoms with Gasteiger partial charge in [-0.15, -0.1) is 0 Å². The minimum absolute atomic E-state index is 0.677. The summed E-state index contributed by atoms with van der Waals surface area (Å²) in [6.07, 6.45) is 0. The van der Waals surface area contributed by atoms with Gasteiger partial charge in [0.2, 0.25) is 0 Å². The monoisotopic (exact) mass is 217 g/mol. The van der Waals surface area contributed by atoms with Crippen molar-refractivity contribution in [3.63, 3.8) is 0 Å². The maximum Gasteiger partial charge on any atom is 0.180 e. The molecule has 1 nitrogen and oxygen atoms in total. The Labute approximate surface area is 83.9 Å². The summed E-state index contributed by atoms with van der Waals surface area (Å²) >= 11 is 0. The van der Waals surface area contributed by atoms with Gasteiger partial charge in [-0.3, -0.25) is 0 Å². The maximum absolute atomic E-state index is 13.2. The number of nitriles is 1. The zero-order valence-electron chi connectivity index (χ0n) is 8.04. The van der Waals surface area contributed by atoms with Crippen LogP contribution in [0.3, 0.4) is 0 Å². The molecule has 1 aromatic carbocycles. The van der Waals surface area contributed by atoms with E-state index in [1.165, 1.54) is 13.8 Å². The van der Waals surface area contributed by atoms with Gasteiger partial charge in [0.1, 0.15) is 11.6 Å². The summed E-state index contributed by atoms with van der Waals surface area (Å²) in [5.74, 6) is -6.98. The highest BCUT2D eigenvalue weighted by Gasteiger charge is 2.26. The van der Waals surface area contributed by atoms with Crippen LogP contribution < -0.4 is 0 Å². The lowest BCUT2D eigenvalue weighted by atomic mass is 9.99. The number of halogens is 4. The van der Waals surface area contributed by atoms with Crippen molar-refractivity contribution in [2.45, 2.75) is 19.8 Å². The van der Waals surface area contributed by atoms with Crippen molar-refractivity contribution in [3.8, 4) is 6.07 Å². The third-order valence-electron chi connectivity index (χ3n) is 1.99. The van der Waals surface area contributed by atoms with Gasteiger partial charge in [-0.2, -0.15) is 5.26 Å². The van der Waals surface area contributed by atoms with Crippen LogP contribution in [0.1, 0.15) is 30.9 Å². The first-order chi connectivity index (χ1) is 6.91. The smallest absolute Gasteiger partial charge is 0.180 e. The second-order valence-corrected chi connectivity index (χ2v) is 3.31. The quantitative estimate of drug-likeness (QED) is 0.523. The summed E-state index contributed by atoms with van der Waals surface area (Å²) in [6, 6.07) is 1.08. The van der Waals surface area contributed by atoms with Crippen molar-refractivity contribution in [2.24, 2.45) is 0 Å². The number of nitrogens with zero attached hydrogens (tertiary/aromatic N) is 1. The molecule has 0 aliphatic carbocycles. The van der Waals surface area contributed by atoms with Crippen LogP contribution in [-0.2, 0) is 0 Å². The lowest BCUT2D eigenvalue weighted by Gasteiger charge is -2.10. The largest absolute Gasteiger partial charge is 0.203 e. The molecule has 0 aliphatic rings. The van der Waals surface area contributed by atoms with Gasteiger partial charge in [0.15, 0.2) is 23.3 Å². The normalized spacial score (nSPS) is 10.5. The van der Waals surface area contributed by atoms with Crippen molar-refractivity contribution in [1.29, 1.82) is 5.26 Å². The van der Waals surface area contributed by atoms with Crippen LogP contribution in [0.25, 0.3) is 0 Å². The van der Waals surface area contributed by atoms with Crippen molar-refractivity contribution in [1.82, 2.24) is 0 Å². The predicted octanol–water partition coefficient (Wildman–Crippen LogP) is 3.24. The first-order valence-corrected chi connectivity index (χ1v) is 4.17. The molecule has 0 bridgehead atoms. The van der Waals surface area contributed by atoms with Crippen LogP contribution in [0.15, 0.2) is 0 Å². The Kier molecular flexibility index (Phi) is 2.98. The molecule has 0 N–H and O–H groups in total. The summed E-state index contributed by atoms with van der Waals surface area (Å²) in [7, 11) is 0. The highest BCUT2D eigenvalue weighted by molar-refractivity contribution is 5.38. The van der Waals surface area contributed by atoms with E-state index in [2.05, 4.69) is 0 Å². The van der Waals surface area contributed by atoms with E-state index in [0.29, 0.717) is 0 Å². The Morgan fingerprint density at radius 2 is 1.33 bits per heavy atom. The fraction of sp³-hybridized carbons (Fsp3) is 0.300. The molecule has 0 amide bonds. The van der Waals surface area contributed by atoms with Gasteiger partial charge < -0.3 is 0 Å². The minimum atomic E-state index is -1.64. The van der Waals surface area contributed by atoms with Crippen LogP contribution in [0.5, 0.6) is 0 Å². The van der Waals surface area contributed by atoms with E-state index in [4.69, 9.17) is 5.26 Å². The van der Waals surface area contributed by atoms with Gasteiger partial charge in [-0.25, -0.2) is 17.6 Å². The average molecular weight is 217 g/mol. The van der Waals surface area contributed by atoms with Crippen molar-refractivity contribution >= 4 is 0 Å². The number of hydrogen-bond acceptors (Lipinski definition) is 1. The summed E-state index contributed by atoms with van der Waals surface area (Å²) < 4.78 is 52.5. The Bertz CT molecular complexity index is 417. The van der Waals surface area contributed by atoms with Crippen LogP contribution in [0.4, 0.5) is 17.6 Å². The Morgan fingerprint density at radius 1 is 0.933 bits per heavy atom. The van der Waals surface area contributed by atoms with Crippen LogP contribution >= 0.6 is 0 Å². The Morgan fingerprint density at radius 3 is 1.60 bits per heavy atom. The SMILES string of the molecule is CC(C)c1c(F)c(F)c(C#N)c(F)c1F. The molecule has 0 saturated carbocycles. The van der Waals surface area contributed by atoms with E-state index < -0.39 is 40.3 Å². The molecule has 5 heteroatoms. The third kappa shape index (κ3) is 1.67. The van der Waals surface area contributed by atoms with Gasteiger partial charge in [0.25, 0.3) is 0 Å². The van der Waals surface area contributed by atoms with E-state index in [1.807, 2.05) is 0 Å². The van der Waals surface area contributed by atoms with E-state index in [-0.39, 0.29) is 0 Å². The predicted molar refractivity (Wildman–Crippen MR) is 45.1 cm³/mol. The molecule has 1 aromatic rings. The fourth-order valence-corrected chi connectivity index (χ4v) is 1.25. The molecule has 1 rings (SSSR count). The highest BCUT2D eigenvalue weighted by Crippen LogP contribution is 2.28. The van der Waals surface area contributed by atoms with Crippen molar-refractivity contribution < 1.29 is 17.6 Å². The molecule has 0 radical (unpaired) electrons. The zero-order valence-corrected chi connectivity index (χ0v) is 8.04. The minimum Gasteiger partial charge on any atom is -0.203 e. The van der Waals surface area contributed by atoms with E-state index in [9.17, 15) is 17.6 Å². The first kappa shape index (κ1) is 11.5. The summed E-state index contributed by atoms with van der Waals surface area (Å²) in [6.45, 7) is 2.79. The molecular weight excluding hydrogens is 210 g/mol. The molecule has 0 fully saturated rings. The summed E-state index contributed by atoms with van der Waals surface area (Å²) in [5, 5.41) is 8.31. The van der Waals surface area contributed by atoms with Crippen molar-refractivity contribution in [3.05, 3.63) is 34.4 Å². The molecule has 0 aliphatic heterocycles. The van der Waals surface area contributed by atoms with Crippen LogP contribution in [0, 0.1) is 34.6 Å².